The van der Waals surface area contributed by atoms with Crippen molar-refractivity contribution < 1.29 is 12.8 Å². The molecule has 1 aliphatic heterocycles. The van der Waals surface area contributed by atoms with Crippen molar-refractivity contribution in [2.24, 2.45) is 0 Å². The molecule has 0 amide bonds. The molecule has 134 valence electrons. The summed E-state index contributed by atoms with van der Waals surface area (Å²) < 4.78 is 38.5. The van der Waals surface area contributed by atoms with E-state index in [1.807, 2.05) is 0 Å². The highest BCUT2D eigenvalue weighted by atomic mass is 32.2. The van der Waals surface area contributed by atoms with E-state index in [0.29, 0.717) is 0 Å². The summed E-state index contributed by atoms with van der Waals surface area (Å²) in [4.78, 5) is 4.57. The second-order valence-corrected chi connectivity index (χ2v) is 8.24. The third-order valence-electron chi connectivity index (χ3n) is 4.49. The lowest BCUT2D eigenvalue weighted by Crippen LogP contribution is -2.28. The number of nitrogens with zero attached hydrogens (tertiary/aromatic N) is 2. The molecule has 5 nitrogen and oxygen atoms in total. The van der Waals surface area contributed by atoms with E-state index in [-0.39, 0.29) is 15.5 Å². The fraction of sp³-hybridized carbons (Fsp3) is 0.333. The van der Waals surface area contributed by atoms with Gasteiger partial charge < -0.3 is 15.5 Å². The fourth-order valence-corrected chi connectivity index (χ4v) is 4.39. The third-order valence-corrected chi connectivity index (χ3v) is 6.34. The van der Waals surface area contributed by atoms with Crippen molar-refractivity contribution in [3.05, 3.63) is 48.3 Å². The maximum absolute atomic E-state index is 13.0. The molecule has 0 aliphatic carbocycles. The molecule has 2 aromatic carbocycles. The molecule has 2 aromatic rings. The van der Waals surface area contributed by atoms with Crippen LogP contribution in [-0.4, -0.2) is 46.5 Å². The van der Waals surface area contributed by atoms with Gasteiger partial charge in [0, 0.05) is 25.3 Å². The van der Waals surface area contributed by atoms with Gasteiger partial charge >= 0.3 is 0 Å². The van der Waals surface area contributed by atoms with Crippen molar-refractivity contribution >= 4 is 21.2 Å². The maximum Gasteiger partial charge on any atom is 0.208 e. The predicted molar refractivity (Wildman–Crippen MR) is 97.0 cm³/mol. The smallest absolute Gasteiger partial charge is 0.208 e. The molecule has 7 heteroatoms. The molecule has 0 aromatic heterocycles. The molecule has 0 bridgehead atoms. The summed E-state index contributed by atoms with van der Waals surface area (Å²) in [6, 6.07) is 9.80. The molecule has 0 unspecified atom stereocenters. The van der Waals surface area contributed by atoms with Crippen LogP contribution >= 0.6 is 0 Å². The molecule has 3 rings (SSSR count). The van der Waals surface area contributed by atoms with Crippen LogP contribution in [0.15, 0.2) is 52.3 Å². The van der Waals surface area contributed by atoms with Crippen molar-refractivity contribution in [1.82, 2.24) is 4.90 Å². The van der Waals surface area contributed by atoms with Gasteiger partial charge in [-0.3, -0.25) is 0 Å². The van der Waals surface area contributed by atoms with Crippen LogP contribution in [0.5, 0.6) is 0 Å². The van der Waals surface area contributed by atoms with E-state index < -0.39 is 15.7 Å². The van der Waals surface area contributed by atoms with Gasteiger partial charge in [0.1, 0.15) is 5.82 Å². The zero-order valence-electron chi connectivity index (χ0n) is 14.2. The molecule has 1 saturated heterocycles. The molecule has 0 spiro atoms. The Kier molecular flexibility index (Phi) is 4.96. The summed E-state index contributed by atoms with van der Waals surface area (Å²) in [5.41, 5.74) is 7.19. The van der Waals surface area contributed by atoms with Gasteiger partial charge in [0.15, 0.2) is 0 Å². The highest BCUT2D eigenvalue weighted by Crippen LogP contribution is 2.30. The summed E-state index contributed by atoms with van der Waals surface area (Å²) in [5.74, 6) is -0.478. The standard InChI is InChI=1S/C18H22FN3O2S/c1-21-9-2-10-22(12-11-21)15-5-8-18(17(20)13-15)25(23,24)16-6-3-14(19)4-7-16/h3-8,13H,2,9-12,20H2,1H3. The van der Waals surface area contributed by atoms with Crippen LogP contribution in [0.25, 0.3) is 0 Å². The van der Waals surface area contributed by atoms with Crippen LogP contribution in [0.4, 0.5) is 15.8 Å². The van der Waals surface area contributed by atoms with E-state index in [0.717, 1.165) is 50.4 Å². The second kappa shape index (κ2) is 7.01. The number of nitrogens with two attached hydrogens (primary N) is 1. The molecular formula is C18H22FN3O2S. The normalized spacial score (nSPS) is 16.6. The number of rotatable bonds is 3. The molecule has 0 saturated carbocycles. The van der Waals surface area contributed by atoms with Crippen LogP contribution in [0.2, 0.25) is 0 Å². The van der Waals surface area contributed by atoms with Crippen LogP contribution in [-0.2, 0) is 9.84 Å². The Labute approximate surface area is 147 Å². The Morgan fingerprint density at radius 3 is 2.40 bits per heavy atom. The lowest BCUT2D eigenvalue weighted by Gasteiger charge is -2.23. The molecule has 1 aliphatic rings. The van der Waals surface area contributed by atoms with Crippen LogP contribution < -0.4 is 10.6 Å². The first-order valence-corrected chi connectivity index (χ1v) is 9.70. The molecule has 25 heavy (non-hydrogen) atoms. The van der Waals surface area contributed by atoms with E-state index in [4.69, 9.17) is 5.73 Å². The fourth-order valence-electron chi connectivity index (χ4n) is 3.02. The van der Waals surface area contributed by atoms with Crippen molar-refractivity contribution in [2.45, 2.75) is 16.2 Å². The highest BCUT2D eigenvalue weighted by Gasteiger charge is 2.22. The highest BCUT2D eigenvalue weighted by molar-refractivity contribution is 7.91. The molecule has 2 N–H and O–H groups in total. The number of hydrogen-bond acceptors (Lipinski definition) is 5. The Hall–Kier alpha value is -2.12. The molecule has 0 atom stereocenters. The average molecular weight is 363 g/mol. The van der Waals surface area contributed by atoms with E-state index in [2.05, 4.69) is 16.8 Å². The average Bonchev–Trinajstić information content (AvgIpc) is 2.79. The van der Waals surface area contributed by atoms with E-state index >= 15 is 0 Å². The largest absolute Gasteiger partial charge is 0.398 e. The Morgan fingerprint density at radius 2 is 1.72 bits per heavy atom. The van der Waals surface area contributed by atoms with E-state index in [1.165, 1.54) is 18.2 Å². The van der Waals surface area contributed by atoms with Crippen LogP contribution in [0.3, 0.4) is 0 Å². The van der Waals surface area contributed by atoms with Gasteiger partial charge in [-0.15, -0.1) is 0 Å². The molecular weight excluding hydrogens is 341 g/mol. The molecule has 0 radical (unpaired) electrons. The maximum atomic E-state index is 13.0. The van der Waals surface area contributed by atoms with Gasteiger partial charge in [0.2, 0.25) is 9.84 Å². The number of anilines is 2. The van der Waals surface area contributed by atoms with Crippen LogP contribution in [0, 0.1) is 5.82 Å². The third kappa shape index (κ3) is 3.77. The van der Waals surface area contributed by atoms with Crippen molar-refractivity contribution in [2.75, 3.05) is 43.9 Å². The lowest BCUT2D eigenvalue weighted by atomic mass is 10.2. The van der Waals surface area contributed by atoms with Gasteiger partial charge in [0.05, 0.1) is 15.5 Å². The molecule has 1 fully saturated rings. The summed E-state index contributed by atoms with van der Waals surface area (Å²) in [6.07, 6.45) is 1.05. The zero-order valence-corrected chi connectivity index (χ0v) is 15.0. The minimum Gasteiger partial charge on any atom is -0.398 e. The summed E-state index contributed by atoms with van der Waals surface area (Å²) in [6.45, 7) is 3.78. The quantitative estimate of drug-likeness (QED) is 0.670. The molecule has 1 heterocycles. The van der Waals surface area contributed by atoms with Gasteiger partial charge in [0.25, 0.3) is 0 Å². The first-order chi connectivity index (χ1) is 11.9. The number of benzene rings is 2. The van der Waals surface area contributed by atoms with Gasteiger partial charge in [-0.2, -0.15) is 0 Å². The van der Waals surface area contributed by atoms with Crippen LogP contribution in [0.1, 0.15) is 6.42 Å². The van der Waals surface area contributed by atoms with Crippen molar-refractivity contribution in [1.29, 1.82) is 0 Å². The van der Waals surface area contributed by atoms with Gasteiger partial charge in [-0.25, -0.2) is 12.8 Å². The van der Waals surface area contributed by atoms with Crippen molar-refractivity contribution in [3.8, 4) is 0 Å². The summed E-state index contributed by atoms with van der Waals surface area (Å²) >= 11 is 0. The Bertz CT molecular complexity index is 853. The predicted octanol–water partition coefficient (Wildman–Crippen LogP) is 2.38. The minimum atomic E-state index is -3.77. The number of halogens is 1. The minimum absolute atomic E-state index is 0.0322. The van der Waals surface area contributed by atoms with Gasteiger partial charge in [-0.1, -0.05) is 0 Å². The first kappa shape index (κ1) is 17.7. The number of hydrogen-bond donors (Lipinski definition) is 1. The number of sulfone groups is 1. The first-order valence-electron chi connectivity index (χ1n) is 8.21. The summed E-state index contributed by atoms with van der Waals surface area (Å²) in [7, 11) is -1.67. The van der Waals surface area contributed by atoms with E-state index in [9.17, 15) is 12.8 Å². The lowest BCUT2D eigenvalue weighted by molar-refractivity contribution is 0.360. The van der Waals surface area contributed by atoms with Crippen molar-refractivity contribution in [3.63, 3.8) is 0 Å². The number of nitrogen functional groups attached to an aromatic ring is 1. The van der Waals surface area contributed by atoms with Gasteiger partial charge in [-0.05, 0) is 62.5 Å². The summed E-state index contributed by atoms with van der Waals surface area (Å²) in [5, 5.41) is 0. The Morgan fingerprint density at radius 1 is 1.00 bits per heavy atom. The second-order valence-electron chi connectivity index (χ2n) is 6.32. The zero-order chi connectivity index (χ0) is 18.0. The van der Waals surface area contributed by atoms with E-state index in [1.54, 1.807) is 12.1 Å². The SMILES string of the molecule is CN1CCCN(c2ccc(S(=O)(=O)c3ccc(F)cc3)c(N)c2)CC1. The monoisotopic (exact) mass is 363 g/mol. The number of likely N-dealkylation sites (N-methyl/N-ethyl adjacent to an activating group) is 1. The topological polar surface area (TPSA) is 66.6 Å². The Balaban J connectivity index is 1.90.